The van der Waals surface area contributed by atoms with E-state index in [4.69, 9.17) is 23.7 Å². The van der Waals surface area contributed by atoms with Crippen LogP contribution in [0, 0.1) is 23.7 Å². The molecule has 2 fully saturated rings. The van der Waals surface area contributed by atoms with Crippen molar-refractivity contribution in [2.24, 2.45) is 23.7 Å². The van der Waals surface area contributed by atoms with Gasteiger partial charge in [0, 0.05) is 24.7 Å². The highest BCUT2D eigenvalue weighted by atomic mass is 19.4. The molecule has 6 rings (SSSR count). The second-order valence-corrected chi connectivity index (χ2v) is 16.4. The Labute approximate surface area is 333 Å². The molecule has 5 aliphatic rings. The zero-order chi connectivity index (χ0) is 42.5. The maximum atomic E-state index is 14.4. The maximum absolute atomic E-state index is 14.4. The van der Waals surface area contributed by atoms with E-state index in [-0.39, 0.29) is 66.7 Å². The second-order valence-electron chi connectivity index (χ2n) is 16.4. The topological polar surface area (TPSA) is 121 Å². The average Bonchev–Trinajstić information content (AvgIpc) is 3.49. The molecule has 0 aromatic heterocycles. The molecule has 1 aromatic rings. The van der Waals surface area contributed by atoms with E-state index < -0.39 is 94.7 Å². The number of benzene rings is 1. The van der Waals surface area contributed by atoms with Crippen molar-refractivity contribution >= 4 is 11.9 Å². The van der Waals surface area contributed by atoms with Gasteiger partial charge in [-0.2, -0.15) is 26.3 Å². The normalized spacial score (nSPS) is 38.7. The first kappa shape index (κ1) is 43.8. The molecule has 58 heavy (non-hydrogen) atoms. The van der Waals surface area contributed by atoms with Crippen LogP contribution in [-0.2, 0) is 40.8 Å². The molecule has 0 radical (unpaired) electrons. The van der Waals surface area contributed by atoms with Gasteiger partial charge in [0.25, 0.3) is 0 Å². The standard InChI is InChI=1S/C43H50F6O9/c1-7-22(2)35-25(5)13-14-40(58-35)20-32-19-31(57-40)12-11-24(4)34(50)23(3)9-8-10-28-21-54-37-36(26(6)15-33(39(52)55-32)41(28,37)53)56-38(51)27-16-29(42(44,45)46)18-30(17-27)43(47,48)49/h8-11,13-18,22-23,25,31-37,50,53H,7,12,19-21H2,1-6H3/b9-8+,24-11+,28-10+/t22-,23-,25-,31+,32-,33-,34-,35+,36+,37+,40+,41+/m0/s1. The summed E-state index contributed by atoms with van der Waals surface area (Å²) in [5.74, 6) is -5.24. The van der Waals surface area contributed by atoms with Crippen LogP contribution in [0.1, 0.15) is 88.7 Å². The Morgan fingerprint density at radius 3 is 2.29 bits per heavy atom. The van der Waals surface area contributed by atoms with E-state index in [9.17, 15) is 46.1 Å². The molecule has 2 saturated heterocycles. The maximum Gasteiger partial charge on any atom is 0.416 e. The molecule has 2 bridgehead atoms. The Bertz CT molecular complexity index is 1870. The summed E-state index contributed by atoms with van der Waals surface area (Å²) in [4.78, 5) is 27.8. The zero-order valence-corrected chi connectivity index (χ0v) is 33.1. The summed E-state index contributed by atoms with van der Waals surface area (Å²) >= 11 is 0. The van der Waals surface area contributed by atoms with Crippen molar-refractivity contribution in [3.05, 3.63) is 94.1 Å². The van der Waals surface area contributed by atoms with Gasteiger partial charge in [-0.1, -0.05) is 70.6 Å². The van der Waals surface area contributed by atoms with Crippen molar-refractivity contribution in [1.29, 1.82) is 0 Å². The minimum atomic E-state index is -5.22. The van der Waals surface area contributed by atoms with Crippen molar-refractivity contribution in [3.63, 3.8) is 0 Å². The van der Waals surface area contributed by atoms with Crippen LogP contribution >= 0.6 is 0 Å². The van der Waals surface area contributed by atoms with Gasteiger partial charge in [-0.25, -0.2) is 4.79 Å². The molecule has 2 N–H and O–H groups in total. The predicted molar refractivity (Wildman–Crippen MR) is 198 cm³/mol. The van der Waals surface area contributed by atoms with Gasteiger partial charge in [0.15, 0.2) is 11.9 Å². The van der Waals surface area contributed by atoms with E-state index in [1.165, 1.54) is 19.1 Å². The second kappa shape index (κ2) is 16.4. The molecule has 318 valence electrons. The largest absolute Gasteiger partial charge is 0.462 e. The van der Waals surface area contributed by atoms with Crippen molar-refractivity contribution in [2.45, 2.75) is 128 Å². The summed E-state index contributed by atoms with van der Waals surface area (Å²) in [7, 11) is 0. The quantitative estimate of drug-likeness (QED) is 0.176. The van der Waals surface area contributed by atoms with Crippen LogP contribution in [0.3, 0.4) is 0 Å². The average molecular weight is 825 g/mol. The third kappa shape index (κ3) is 8.74. The predicted octanol–water partition coefficient (Wildman–Crippen LogP) is 8.21. The SMILES string of the molecule is CC[C@H](C)[C@H]1O[C@]2(C=C[C@@H]1C)C[C@@H]1C[C@@H](C/C=C(\C)[C@@H](O)[C@@H](C)/C=C/C=C3\CO[C@@H]4[C@H](OC(=O)c5cc(C(F)(F)F)cc(C(F)(F)F)c5)C(C)=C[C@@H](C(=O)O1)[C@]34O)O2. The van der Waals surface area contributed by atoms with Crippen LogP contribution in [0.5, 0.6) is 0 Å². The molecule has 9 nitrogen and oxygen atoms in total. The first-order valence-corrected chi connectivity index (χ1v) is 19.6. The van der Waals surface area contributed by atoms with Crippen molar-refractivity contribution in [2.75, 3.05) is 6.61 Å². The molecule has 4 heterocycles. The number of aliphatic hydroxyl groups excluding tert-OH is 1. The lowest BCUT2D eigenvalue weighted by atomic mass is 9.70. The van der Waals surface area contributed by atoms with Crippen LogP contribution in [-0.4, -0.2) is 76.8 Å². The number of carbonyl (C=O) groups excluding carboxylic acids is 2. The molecule has 4 aliphatic heterocycles. The molecule has 1 aromatic carbocycles. The minimum Gasteiger partial charge on any atom is -0.462 e. The van der Waals surface area contributed by atoms with Crippen molar-refractivity contribution in [1.82, 2.24) is 0 Å². The summed E-state index contributed by atoms with van der Waals surface area (Å²) in [6.45, 7) is 11.0. The molecule has 0 saturated carbocycles. The number of halogens is 6. The van der Waals surface area contributed by atoms with E-state index in [1.54, 1.807) is 26.0 Å². The summed E-state index contributed by atoms with van der Waals surface area (Å²) in [5.41, 5.74) is -5.72. The van der Waals surface area contributed by atoms with Crippen LogP contribution in [0.4, 0.5) is 26.3 Å². The lowest BCUT2D eigenvalue weighted by Gasteiger charge is -2.48. The Morgan fingerprint density at radius 2 is 1.66 bits per heavy atom. The first-order valence-electron chi connectivity index (χ1n) is 19.6. The van der Waals surface area contributed by atoms with E-state index in [2.05, 4.69) is 20.8 Å². The van der Waals surface area contributed by atoms with E-state index in [1.807, 2.05) is 18.2 Å². The fourth-order valence-electron chi connectivity index (χ4n) is 8.55. The highest BCUT2D eigenvalue weighted by Gasteiger charge is 2.61. The molecular formula is C43H50F6O9. The van der Waals surface area contributed by atoms with Gasteiger partial charge in [-0.15, -0.1) is 0 Å². The number of ether oxygens (including phenoxy) is 5. The van der Waals surface area contributed by atoms with E-state index in [0.29, 0.717) is 12.0 Å². The monoisotopic (exact) mass is 824 g/mol. The minimum absolute atomic E-state index is 0.0827. The Kier molecular flexibility index (Phi) is 12.4. The number of hydrogen-bond donors (Lipinski definition) is 2. The molecule has 0 unspecified atom stereocenters. The van der Waals surface area contributed by atoms with E-state index >= 15 is 0 Å². The molecule has 1 aliphatic carbocycles. The van der Waals surface area contributed by atoms with Gasteiger partial charge in [0.1, 0.15) is 23.7 Å². The summed E-state index contributed by atoms with van der Waals surface area (Å²) in [6.07, 6.45) is -2.43. The summed E-state index contributed by atoms with van der Waals surface area (Å²) in [6, 6.07) is 0.402. The number of esters is 2. The molecular weight excluding hydrogens is 774 g/mol. The lowest BCUT2D eigenvalue weighted by Crippen LogP contribution is -2.59. The number of rotatable bonds is 4. The van der Waals surface area contributed by atoms with Gasteiger partial charge in [0.05, 0.1) is 41.6 Å². The molecule has 12 atom stereocenters. The molecule has 1 spiro atoms. The highest BCUT2D eigenvalue weighted by Crippen LogP contribution is 2.48. The van der Waals surface area contributed by atoms with Gasteiger partial charge < -0.3 is 33.9 Å². The van der Waals surface area contributed by atoms with Gasteiger partial charge in [-0.05, 0) is 67.2 Å². The number of hydrogen-bond acceptors (Lipinski definition) is 9. The highest BCUT2D eigenvalue weighted by molar-refractivity contribution is 5.90. The number of carbonyl (C=O) groups is 2. The number of aliphatic hydroxyl groups is 2. The fraction of sp³-hybridized carbons (Fsp3) is 0.581. The van der Waals surface area contributed by atoms with Crippen molar-refractivity contribution in [3.8, 4) is 0 Å². The van der Waals surface area contributed by atoms with Gasteiger partial charge >= 0.3 is 24.3 Å². The number of alkyl halides is 6. The van der Waals surface area contributed by atoms with Gasteiger partial charge in [0.2, 0.25) is 0 Å². The van der Waals surface area contributed by atoms with Crippen molar-refractivity contribution < 1.29 is 69.8 Å². The fourth-order valence-corrected chi connectivity index (χ4v) is 8.55. The zero-order valence-electron chi connectivity index (χ0n) is 33.1. The Balaban J connectivity index is 1.39. The molecule has 15 heteroatoms. The Hall–Kier alpha value is -3.76. The van der Waals surface area contributed by atoms with E-state index in [0.717, 1.165) is 6.42 Å². The lowest BCUT2D eigenvalue weighted by molar-refractivity contribution is -0.300. The summed E-state index contributed by atoms with van der Waals surface area (Å²) < 4.78 is 113. The summed E-state index contributed by atoms with van der Waals surface area (Å²) in [5, 5.41) is 23.8. The third-order valence-electron chi connectivity index (χ3n) is 12.1. The Morgan fingerprint density at radius 1 is 0.983 bits per heavy atom. The third-order valence-corrected chi connectivity index (χ3v) is 12.1. The smallest absolute Gasteiger partial charge is 0.416 e. The van der Waals surface area contributed by atoms with Crippen LogP contribution in [0.15, 0.2) is 77.5 Å². The van der Waals surface area contributed by atoms with Crippen LogP contribution in [0.2, 0.25) is 0 Å². The number of allylic oxidation sites excluding steroid dienone is 2. The van der Waals surface area contributed by atoms with Crippen LogP contribution in [0.25, 0.3) is 0 Å². The van der Waals surface area contributed by atoms with Gasteiger partial charge in [-0.3, -0.25) is 4.79 Å². The first-order chi connectivity index (χ1) is 27.1. The molecule has 0 amide bonds. The van der Waals surface area contributed by atoms with Crippen LogP contribution < -0.4 is 0 Å². The number of fused-ring (bicyclic) bond motifs is 2.